The molecule has 2 aromatic rings. The largest absolute Gasteiger partial charge is 0.478 e. The maximum Gasteiger partial charge on any atom is 0.328 e. The minimum Gasteiger partial charge on any atom is -0.478 e. The molecule has 0 radical (unpaired) electrons. The Bertz CT molecular complexity index is 924. The van der Waals surface area contributed by atoms with Gasteiger partial charge in [-0.15, -0.1) is 0 Å². The Kier molecular flexibility index (Phi) is 6.77. The van der Waals surface area contributed by atoms with E-state index in [1.54, 1.807) is 11.1 Å². The molecule has 6 heteroatoms. The number of likely N-dealkylation sites (tertiary alicyclic amines) is 1. The van der Waals surface area contributed by atoms with Crippen LogP contribution in [0.15, 0.2) is 64.4 Å². The lowest BCUT2D eigenvalue weighted by molar-refractivity contribution is -0.134. The zero-order valence-corrected chi connectivity index (χ0v) is 17.4. The lowest BCUT2D eigenvalue weighted by Crippen LogP contribution is -2.35. The molecule has 0 aliphatic carbocycles. The average molecular weight is 412 g/mol. The summed E-state index contributed by atoms with van der Waals surface area (Å²) in [6, 6.07) is 16.0. The molecule has 2 aliphatic heterocycles. The van der Waals surface area contributed by atoms with Gasteiger partial charge in [-0.2, -0.15) is 0 Å². The van der Waals surface area contributed by atoms with E-state index in [0.717, 1.165) is 0 Å². The fourth-order valence-electron chi connectivity index (χ4n) is 3.99. The van der Waals surface area contributed by atoms with Gasteiger partial charge in [-0.05, 0) is 56.1 Å². The first kappa shape index (κ1) is 21.1. The van der Waals surface area contributed by atoms with Gasteiger partial charge >= 0.3 is 11.9 Å². The smallest absolute Gasteiger partial charge is 0.328 e. The van der Waals surface area contributed by atoms with Crippen molar-refractivity contribution in [1.29, 1.82) is 0 Å². The Morgan fingerprint density at radius 3 is 2.34 bits per heavy atom. The van der Waals surface area contributed by atoms with Gasteiger partial charge in [-0.1, -0.05) is 47.7 Å². The first-order valence-corrected chi connectivity index (χ1v) is 10.4. The summed E-state index contributed by atoms with van der Waals surface area (Å²) in [5, 5.41) is 15.6. The summed E-state index contributed by atoms with van der Waals surface area (Å²) in [6.45, 7) is 4.60. The molecule has 0 spiro atoms. The molecule has 0 amide bonds. The number of hydrogen-bond donors (Lipinski definition) is 2. The zero-order valence-electron chi connectivity index (χ0n) is 16.5. The summed E-state index contributed by atoms with van der Waals surface area (Å²) in [7, 11) is 2.26. The van der Waals surface area contributed by atoms with Gasteiger partial charge in [-0.3, -0.25) is 0 Å². The number of carboxylic acid groups (broad SMARTS) is 2. The van der Waals surface area contributed by atoms with Gasteiger partial charge in [0.15, 0.2) is 0 Å². The number of carboxylic acids is 2. The van der Waals surface area contributed by atoms with Crippen LogP contribution in [0, 0.1) is 6.92 Å². The minimum atomic E-state index is -1.26. The van der Waals surface area contributed by atoms with Gasteiger partial charge in [0.2, 0.25) is 0 Å². The number of nitrogens with zero attached hydrogens (tertiary/aromatic N) is 1. The van der Waals surface area contributed by atoms with Crippen LogP contribution >= 0.6 is 11.8 Å². The monoisotopic (exact) mass is 411 g/mol. The molecule has 4 rings (SSSR count). The van der Waals surface area contributed by atoms with Crippen LogP contribution < -0.4 is 0 Å². The Morgan fingerprint density at radius 2 is 1.66 bits per heavy atom. The summed E-state index contributed by atoms with van der Waals surface area (Å²) in [5.41, 5.74) is 4.51. The predicted molar refractivity (Wildman–Crippen MR) is 114 cm³/mol. The summed E-state index contributed by atoms with van der Waals surface area (Å²) in [4.78, 5) is 24.5. The Hall–Kier alpha value is -2.57. The minimum absolute atomic E-state index is 0.558. The Morgan fingerprint density at radius 1 is 1.00 bits per heavy atom. The van der Waals surface area contributed by atoms with Crippen molar-refractivity contribution in [3.8, 4) is 0 Å². The fourth-order valence-corrected chi connectivity index (χ4v) is 5.18. The van der Waals surface area contributed by atoms with Crippen molar-refractivity contribution in [2.75, 3.05) is 20.1 Å². The van der Waals surface area contributed by atoms with E-state index < -0.39 is 11.9 Å². The number of likely N-dealkylation sites (N-methyl/N-ethyl adjacent to an activating group) is 1. The van der Waals surface area contributed by atoms with Gasteiger partial charge in [-0.25, -0.2) is 9.59 Å². The number of piperidine rings is 1. The average Bonchev–Trinajstić information content (AvgIpc) is 2.81. The molecule has 1 saturated heterocycles. The van der Waals surface area contributed by atoms with Crippen LogP contribution in [0.5, 0.6) is 0 Å². The second-order valence-corrected chi connectivity index (χ2v) is 8.54. The highest BCUT2D eigenvalue weighted by Crippen LogP contribution is 2.50. The molecule has 2 atom stereocenters. The molecule has 1 fully saturated rings. The first-order chi connectivity index (χ1) is 13.8. The number of rotatable bonds is 2. The van der Waals surface area contributed by atoms with Crippen LogP contribution in [0.3, 0.4) is 0 Å². The standard InChI is InChI=1S/C19H21NS.C4H4O4/c1-13-7-8-19-16(11-13)17-12-20(2)10-9-14(17)15-5-3-4-6-18(15)21-19;5-3(6)1-2-4(7)8/h3-8,11,14,17H,9-10,12H2,1-2H3;1-2H,(H,5,6)(H,7,8)/b;2-1-/t14-,17-;/m0./s1. The highest BCUT2D eigenvalue weighted by atomic mass is 32.2. The number of aliphatic carboxylic acids is 2. The van der Waals surface area contributed by atoms with Crippen molar-refractivity contribution < 1.29 is 19.8 Å². The molecule has 2 aliphatic rings. The topological polar surface area (TPSA) is 77.8 Å². The number of benzene rings is 2. The van der Waals surface area contributed by atoms with Crippen LogP contribution in [-0.4, -0.2) is 47.2 Å². The van der Waals surface area contributed by atoms with E-state index in [1.165, 1.54) is 34.9 Å². The molecule has 2 N–H and O–H groups in total. The van der Waals surface area contributed by atoms with Gasteiger partial charge in [0.05, 0.1) is 0 Å². The maximum atomic E-state index is 9.55. The van der Waals surface area contributed by atoms with E-state index in [-0.39, 0.29) is 0 Å². The van der Waals surface area contributed by atoms with Crippen molar-refractivity contribution in [2.24, 2.45) is 0 Å². The normalized spacial score (nSPS) is 20.5. The van der Waals surface area contributed by atoms with E-state index in [0.29, 0.717) is 24.0 Å². The second kappa shape index (κ2) is 9.29. The molecule has 5 nitrogen and oxygen atoms in total. The molecular weight excluding hydrogens is 386 g/mol. The summed E-state index contributed by atoms with van der Waals surface area (Å²) in [6.07, 6.45) is 2.39. The van der Waals surface area contributed by atoms with Crippen LogP contribution in [0.4, 0.5) is 0 Å². The quantitative estimate of drug-likeness (QED) is 0.715. The second-order valence-electron chi connectivity index (χ2n) is 7.45. The van der Waals surface area contributed by atoms with E-state index in [2.05, 4.69) is 61.3 Å². The molecule has 0 bridgehead atoms. The van der Waals surface area contributed by atoms with Crippen molar-refractivity contribution in [3.05, 3.63) is 71.3 Å². The van der Waals surface area contributed by atoms with E-state index >= 15 is 0 Å². The molecule has 152 valence electrons. The highest BCUT2D eigenvalue weighted by Gasteiger charge is 2.35. The number of hydrogen-bond acceptors (Lipinski definition) is 4. The lowest BCUT2D eigenvalue weighted by Gasteiger charge is -2.37. The molecular formula is C23H25NO4S. The van der Waals surface area contributed by atoms with Crippen LogP contribution in [-0.2, 0) is 9.59 Å². The van der Waals surface area contributed by atoms with E-state index in [1.807, 2.05) is 11.8 Å². The van der Waals surface area contributed by atoms with Crippen LogP contribution in [0.1, 0.15) is 34.9 Å². The Labute approximate surface area is 175 Å². The molecule has 29 heavy (non-hydrogen) atoms. The van der Waals surface area contributed by atoms with Crippen molar-refractivity contribution in [1.82, 2.24) is 4.90 Å². The lowest BCUT2D eigenvalue weighted by atomic mass is 9.76. The first-order valence-electron chi connectivity index (χ1n) is 9.55. The highest BCUT2D eigenvalue weighted by molar-refractivity contribution is 7.99. The molecule has 0 aromatic heterocycles. The maximum absolute atomic E-state index is 9.55. The third kappa shape index (κ3) is 5.28. The van der Waals surface area contributed by atoms with Gasteiger partial charge in [0.25, 0.3) is 0 Å². The predicted octanol–water partition coefficient (Wildman–Crippen LogP) is 4.37. The Balaban J connectivity index is 0.000000258. The number of aryl methyl sites for hydroxylation is 1. The SMILES string of the molecule is Cc1ccc2c(c1)[C@H]1CN(C)CC[C@H]1c1ccccc1S2.O=C(O)/C=C\C(=O)O. The van der Waals surface area contributed by atoms with Crippen LogP contribution in [0.2, 0.25) is 0 Å². The number of fused-ring (bicyclic) bond motifs is 5. The molecule has 2 aromatic carbocycles. The van der Waals surface area contributed by atoms with Gasteiger partial charge in [0, 0.05) is 34.4 Å². The molecule has 0 unspecified atom stereocenters. The van der Waals surface area contributed by atoms with E-state index in [4.69, 9.17) is 10.2 Å². The van der Waals surface area contributed by atoms with E-state index in [9.17, 15) is 9.59 Å². The third-order valence-corrected chi connectivity index (χ3v) is 6.47. The van der Waals surface area contributed by atoms with Crippen molar-refractivity contribution in [3.63, 3.8) is 0 Å². The third-order valence-electron chi connectivity index (χ3n) is 5.29. The molecule has 0 saturated carbocycles. The van der Waals surface area contributed by atoms with Crippen LogP contribution in [0.25, 0.3) is 0 Å². The van der Waals surface area contributed by atoms with Crippen molar-refractivity contribution in [2.45, 2.75) is 35.0 Å². The zero-order chi connectivity index (χ0) is 21.0. The summed E-state index contributed by atoms with van der Waals surface area (Å²) >= 11 is 1.96. The van der Waals surface area contributed by atoms with Crippen molar-refractivity contribution >= 4 is 23.7 Å². The van der Waals surface area contributed by atoms with Gasteiger partial charge < -0.3 is 15.1 Å². The summed E-state index contributed by atoms with van der Waals surface area (Å²) < 4.78 is 0. The van der Waals surface area contributed by atoms with Gasteiger partial charge in [0.1, 0.15) is 0 Å². The number of carbonyl (C=O) groups is 2. The molecule has 2 heterocycles. The summed E-state index contributed by atoms with van der Waals surface area (Å²) in [5.74, 6) is -1.21. The fraction of sp³-hybridized carbons (Fsp3) is 0.304.